The van der Waals surface area contributed by atoms with Crippen LogP contribution in [0.15, 0.2) is 36.4 Å². The van der Waals surface area contributed by atoms with Crippen LogP contribution in [0.3, 0.4) is 0 Å². The second-order valence-corrected chi connectivity index (χ2v) is 6.16. The molecule has 0 aliphatic carbocycles. The molecule has 0 heterocycles. The van der Waals surface area contributed by atoms with E-state index in [-0.39, 0.29) is 11.7 Å². The molecule has 0 spiro atoms. The van der Waals surface area contributed by atoms with Crippen LogP contribution in [0.25, 0.3) is 0 Å². The Labute approximate surface area is 157 Å². The lowest BCUT2D eigenvalue weighted by atomic mass is 10.3. The van der Waals surface area contributed by atoms with Crippen LogP contribution in [0.1, 0.15) is 0 Å². The van der Waals surface area contributed by atoms with Gasteiger partial charge in [0.2, 0.25) is 0 Å². The largest absolute Gasteiger partial charge is 0.396 e. The molecule has 10 heteroatoms. The molecule has 0 fully saturated rings. The van der Waals surface area contributed by atoms with E-state index in [2.05, 4.69) is 9.98 Å². The lowest BCUT2D eigenvalue weighted by molar-refractivity contribution is -0.377. The lowest BCUT2D eigenvalue weighted by Gasteiger charge is -2.01. The van der Waals surface area contributed by atoms with Gasteiger partial charge < -0.3 is 0 Å². The second kappa shape index (κ2) is 8.53. The van der Waals surface area contributed by atoms with Gasteiger partial charge in [-0.1, -0.05) is 46.4 Å². The maximum Gasteiger partial charge on any atom is 0.396 e. The molecule has 0 aliphatic heterocycles. The third-order valence-corrected chi connectivity index (χ3v) is 3.98. The van der Waals surface area contributed by atoms with Crippen LogP contribution in [0, 0.1) is 0 Å². The molecule has 0 radical (unpaired) electrons. The Bertz CT molecular complexity index is 744. The van der Waals surface area contributed by atoms with Crippen LogP contribution in [0.5, 0.6) is 0 Å². The van der Waals surface area contributed by atoms with E-state index >= 15 is 0 Å². The van der Waals surface area contributed by atoms with Gasteiger partial charge >= 0.3 is 11.7 Å². The van der Waals surface area contributed by atoms with Crippen molar-refractivity contribution < 1.29 is 20.4 Å². The Balaban J connectivity index is 2.49. The summed E-state index contributed by atoms with van der Waals surface area (Å²) in [5.74, 6) is -0.0876. The zero-order valence-electron chi connectivity index (χ0n) is 11.9. The van der Waals surface area contributed by atoms with Gasteiger partial charge in [0, 0.05) is 22.2 Å². The third kappa shape index (κ3) is 4.73. The van der Waals surface area contributed by atoms with E-state index in [0.29, 0.717) is 31.5 Å². The normalized spacial score (nSPS) is 12.2. The molecular formula is C14H12Cl4N4O2+2. The van der Waals surface area contributed by atoms with Crippen molar-refractivity contribution in [3.05, 3.63) is 56.5 Å². The minimum atomic E-state index is -0.0438. The fourth-order valence-corrected chi connectivity index (χ4v) is 2.42. The number of halogens is 4. The molecule has 0 amide bonds. The molecule has 0 atom stereocenters. The van der Waals surface area contributed by atoms with Gasteiger partial charge in [0.1, 0.15) is 11.4 Å². The van der Waals surface area contributed by atoms with Gasteiger partial charge in [0.05, 0.1) is 10.0 Å². The van der Waals surface area contributed by atoms with Crippen molar-refractivity contribution in [2.75, 3.05) is 0 Å². The van der Waals surface area contributed by atoms with Gasteiger partial charge in [-0.2, -0.15) is 0 Å². The zero-order chi connectivity index (χ0) is 17.7. The Hall–Kier alpha value is -1.54. The molecule has 0 aliphatic rings. The summed E-state index contributed by atoms with van der Waals surface area (Å²) >= 11 is 23.9. The Kier molecular flexibility index (Phi) is 6.68. The predicted octanol–water partition coefficient (Wildman–Crippen LogP) is 1.18. The Morgan fingerprint density at radius 2 is 1.08 bits per heavy atom. The highest BCUT2D eigenvalue weighted by molar-refractivity contribution is 6.37. The lowest BCUT2D eigenvalue weighted by Crippen LogP contribution is -2.83. The molecule has 0 saturated heterocycles. The Morgan fingerprint density at radius 1 is 0.708 bits per heavy atom. The van der Waals surface area contributed by atoms with E-state index in [1.165, 1.54) is 0 Å². The highest BCUT2D eigenvalue weighted by Gasteiger charge is 2.24. The zero-order valence-corrected chi connectivity index (χ0v) is 14.9. The van der Waals surface area contributed by atoms with E-state index in [9.17, 15) is 10.4 Å². The van der Waals surface area contributed by atoms with Crippen molar-refractivity contribution in [2.45, 2.75) is 0 Å². The van der Waals surface area contributed by atoms with Crippen molar-refractivity contribution in [1.82, 2.24) is 11.0 Å². The summed E-state index contributed by atoms with van der Waals surface area (Å²) in [6, 6.07) is 9.47. The molecular weight excluding hydrogens is 398 g/mol. The maximum absolute atomic E-state index is 9.35. The number of hydroxylamine groups is 2. The van der Waals surface area contributed by atoms with E-state index in [1.807, 2.05) is 11.0 Å². The predicted molar refractivity (Wildman–Crippen MR) is 94.0 cm³/mol. The molecule has 2 aromatic carbocycles. The molecule has 2 aromatic rings. The number of rotatable bonds is 2. The average Bonchev–Trinajstić information content (AvgIpc) is 2.56. The van der Waals surface area contributed by atoms with Crippen LogP contribution in [0.4, 0.5) is 11.4 Å². The highest BCUT2D eigenvalue weighted by atomic mass is 35.5. The van der Waals surface area contributed by atoms with E-state index in [1.54, 1.807) is 36.4 Å². The SMILES string of the molecule is ONC(=[NH+]c1cc(Cl)ccc1Cl)C(NO)=[NH+]c1cc(Cl)ccc1Cl. The highest BCUT2D eigenvalue weighted by Crippen LogP contribution is 2.21. The van der Waals surface area contributed by atoms with Crippen molar-refractivity contribution >= 4 is 69.4 Å². The fraction of sp³-hybridized carbons (Fsp3) is 0. The van der Waals surface area contributed by atoms with E-state index in [0.717, 1.165) is 0 Å². The van der Waals surface area contributed by atoms with Gasteiger partial charge in [-0.15, -0.1) is 11.0 Å². The first-order chi connectivity index (χ1) is 11.4. The van der Waals surface area contributed by atoms with Crippen LogP contribution in [-0.4, -0.2) is 22.1 Å². The van der Waals surface area contributed by atoms with Crippen LogP contribution < -0.4 is 20.9 Å². The topological polar surface area (TPSA) is 92.5 Å². The number of benzene rings is 2. The molecule has 0 aromatic heterocycles. The van der Waals surface area contributed by atoms with Gasteiger partial charge in [-0.05, 0) is 24.3 Å². The maximum atomic E-state index is 9.35. The second-order valence-electron chi connectivity index (χ2n) is 4.47. The first kappa shape index (κ1) is 18.8. The van der Waals surface area contributed by atoms with Crippen molar-refractivity contribution in [3.63, 3.8) is 0 Å². The minimum absolute atomic E-state index is 0.0438. The fourth-order valence-electron chi connectivity index (χ4n) is 1.75. The summed E-state index contributed by atoms with van der Waals surface area (Å²) in [5.41, 5.74) is 4.61. The number of nitrogens with one attached hydrogen (secondary N) is 4. The first-order valence-electron chi connectivity index (χ1n) is 6.43. The minimum Gasteiger partial charge on any atom is -0.230 e. The molecule has 0 bridgehead atoms. The number of hydrogen-bond donors (Lipinski definition) is 6. The molecule has 6 nitrogen and oxygen atoms in total. The quantitative estimate of drug-likeness (QED) is 0.255. The average molecular weight is 410 g/mol. The van der Waals surface area contributed by atoms with Gasteiger partial charge in [0.25, 0.3) is 0 Å². The number of amidine groups is 2. The summed E-state index contributed by atoms with van der Waals surface area (Å²) in [4.78, 5) is 5.57. The van der Waals surface area contributed by atoms with Crippen molar-refractivity contribution in [3.8, 4) is 0 Å². The Morgan fingerprint density at radius 3 is 1.42 bits per heavy atom. The van der Waals surface area contributed by atoms with Crippen molar-refractivity contribution in [2.24, 2.45) is 0 Å². The van der Waals surface area contributed by atoms with Gasteiger partial charge in [0.15, 0.2) is 0 Å². The summed E-state index contributed by atoms with van der Waals surface area (Å²) < 4.78 is 0. The van der Waals surface area contributed by atoms with Crippen LogP contribution in [-0.2, 0) is 0 Å². The summed E-state index contributed by atoms with van der Waals surface area (Å²) in [5, 5.41) is 20.3. The van der Waals surface area contributed by atoms with Crippen LogP contribution >= 0.6 is 46.4 Å². The third-order valence-electron chi connectivity index (χ3n) is 2.85. The summed E-state index contributed by atoms with van der Waals surface area (Å²) in [6.07, 6.45) is 0. The first-order valence-corrected chi connectivity index (χ1v) is 7.94. The monoisotopic (exact) mass is 408 g/mol. The standard InChI is InChI=1S/C14H10Cl4N4O2/c15-7-1-3-9(17)11(5-7)19-13(21-23)14(22-24)20-12-6-8(16)2-4-10(12)18/h1-6,23-24H,(H,19,21)(H,20,22)/p+2. The molecule has 0 unspecified atom stereocenters. The van der Waals surface area contributed by atoms with Crippen LogP contribution in [0.2, 0.25) is 20.1 Å². The van der Waals surface area contributed by atoms with E-state index < -0.39 is 0 Å². The molecule has 6 N–H and O–H groups in total. The molecule has 0 saturated carbocycles. The molecule has 24 heavy (non-hydrogen) atoms. The number of hydrogen-bond acceptors (Lipinski definition) is 2. The summed E-state index contributed by atoms with van der Waals surface area (Å²) in [6.45, 7) is 0. The van der Waals surface area contributed by atoms with Gasteiger partial charge in [-0.3, -0.25) is 0 Å². The summed E-state index contributed by atoms with van der Waals surface area (Å²) in [7, 11) is 0. The van der Waals surface area contributed by atoms with Gasteiger partial charge in [-0.25, -0.2) is 20.4 Å². The van der Waals surface area contributed by atoms with E-state index in [4.69, 9.17) is 46.4 Å². The molecule has 2 rings (SSSR count). The molecule has 126 valence electrons. The smallest absolute Gasteiger partial charge is 0.230 e. The van der Waals surface area contributed by atoms with Crippen molar-refractivity contribution in [1.29, 1.82) is 0 Å².